The fraction of sp³-hybridized carbons (Fsp3) is 0.238. The van der Waals surface area contributed by atoms with E-state index < -0.39 is 21.8 Å². The number of ether oxygens (including phenoxy) is 2. The van der Waals surface area contributed by atoms with Crippen LogP contribution in [0.25, 0.3) is 0 Å². The predicted molar refractivity (Wildman–Crippen MR) is 101 cm³/mol. The van der Waals surface area contributed by atoms with Crippen molar-refractivity contribution in [3.05, 3.63) is 75.7 Å². The zero-order valence-electron chi connectivity index (χ0n) is 15.3. The number of fused-ring (bicyclic) bond motifs is 5. The van der Waals surface area contributed by atoms with Crippen molar-refractivity contribution >= 4 is 21.8 Å². The Morgan fingerprint density at radius 3 is 2.07 bits per heavy atom. The van der Waals surface area contributed by atoms with E-state index >= 15 is 0 Å². The highest BCUT2D eigenvalue weighted by Crippen LogP contribution is 2.55. The standard InChI is InChI=1S/C21H18O6S/c1-26-20(22)17-10-14-12-8-16(15(14)11-18(17)21(23)27-2)19(9-12)28(24,25)13-6-4-3-5-7-13/h3-7,9-12,16H,8H2,1-2H3/t12-,16-/m1/s1. The summed E-state index contributed by atoms with van der Waals surface area (Å²) in [7, 11) is -1.16. The molecule has 0 spiro atoms. The van der Waals surface area contributed by atoms with Gasteiger partial charge >= 0.3 is 11.9 Å². The summed E-state index contributed by atoms with van der Waals surface area (Å²) in [5.41, 5.74) is 1.80. The number of benzene rings is 2. The van der Waals surface area contributed by atoms with Crippen molar-refractivity contribution < 1.29 is 27.5 Å². The number of sulfone groups is 1. The van der Waals surface area contributed by atoms with Gasteiger partial charge in [0.2, 0.25) is 9.84 Å². The number of carbonyl (C=O) groups excluding carboxylic acids is 2. The van der Waals surface area contributed by atoms with Crippen LogP contribution in [-0.2, 0) is 19.3 Å². The van der Waals surface area contributed by atoms with Crippen LogP contribution in [0.15, 0.2) is 58.3 Å². The molecule has 2 aromatic rings. The second kappa shape index (κ2) is 6.60. The summed E-state index contributed by atoms with van der Waals surface area (Å²) >= 11 is 0. The molecule has 0 aliphatic heterocycles. The number of esters is 2. The Hall–Kier alpha value is -2.93. The Morgan fingerprint density at radius 2 is 1.50 bits per heavy atom. The second-order valence-corrected chi connectivity index (χ2v) is 8.74. The van der Waals surface area contributed by atoms with Gasteiger partial charge in [0.25, 0.3) is 0 Å². The number of hydrogen-bond donors (Lipinski definition) is 0. The van der Waals surface area contributed by atoms with Crippen molar-refractivity contribution in [1.82, 2.24) is 0 Å². The summed E-state index contributed by atoms with van der Waals surface area (Å²) in [5.74, 6) is -1.77. The van der Waals surface area contributed by atoms with Gasteiger partial charge in [0, 0.05) is 11.8 Å². The smallest absolute Gasteiger partial charge is 0.338 e. The first-order chi connectivity index (χ1) is 13.4. The third-order valence-electron chi connectivity index (χ3n) is 5.37. The zero-order chi connectivity index (χ0) is 20.1. The summed E-state index contributed by atoms with van der Waals surface area (Å²) in [5, 5.41) is 0. The van der Waals surface area contributed by atoms with Gasteiger partial charge < -0.3 is 9.47 Å². The van der Waals surface area contributed by atoms with Crippen LogP contribution in [0, 0.1) is 0 Å². The molecule has 0 heterocycles. The average Bonchev–Trinajstić information content (AvgIpc) is 3.32. The van der Waals surface area contributed by atoms with Crippen molar-refractivity contribution in [1.29, 1.82) is 0 Å². The maximum absolute atomic E-state index is 13.1. The molecule has 0 unspecified atom stereocenters. The van der Waals surface area contributed by atoms with Crippen LogP contribution < -0.4 is 0 Å². The Morgan fingerprint density at radius 1 is 0.929 bits per heavy atom. The molecule has 0 radical (unpaired) electrons. The largest absolute Gasteiger partial charge is 0.465 e. The minimum absolute atomic E-state index is 0.0807. The lowest BCUT2D eigenvalue weighted by Crippen LogP contribution is -2.16. The topological polar surface area (TPSA) is 86.7 Å². The molecule has 0 fully saturated rings. The van der Waals surface area contributed by atoms with Gasteiger partial charge in [0.05, 0.1) is 35.1 Å². The van der Waals surface area contributed by atoms with Gasteiger partial charge in [0.1, 0.15) is 0 Å². The number of rotatable bonds is 4. The highest BCUT2D eigenvalue weighted by molar-refractivity contribution is 7.95. The number of carbonyl (C=O) groups is 2. The van der Waals surface area contributed by atoms with Gasteiger partial charge in [-0.3, -0.25) is 0 Å². The highest BCUT2D eigenvalue weighted by Gasteiger charge is 2.44. The van der Waals surface area contributed by atoms with E-state index in [0.717, 1.165) is 11.1 Å². The van der Waals surface area contributed by atoms with E-state index in [-0.39, 0.29) is 27.9 Å². The highest BCUT2D eigenvalue weighted by atomic mass is 32.2. The first-order valence-corrected chi connectivity index (χ1v) is 10.2. The van der Waals surface area contributed by atoms with E-state index in [2.05, 4.69) is 0 Å². The number of hydrogen-bond acceptors (Lipinski definition) is 6. The molecule has 144 valence electrons. The van der Waals surface area contributed by atoms with Crippen LogP contribution in [-0.4, -0.2) is 34.6 Å². The molecule has 0 amide bonds. The van der Waals surface area contributed by atoms with E-state index in [0.29, 0.717) is 11.3 Å². The minimum Gasteiger partial charge on any atom is -0.465 e. The minimum atomic E-state index is -3.63. The maximum Gasteiger partial charge on any atom is 0.338 e. The Balaban J connectivity index is 1.82. The quantitative estimate of drug-likeness (QED) is 0.735. The van der Waals surface area contributed by atoms with Gasteiger partial charge in [-0.25, -0.2) is 18.0 Å². The molecule has 0 N–H and O–H groups in total. The molecule has 0 saturated heterocycles. The first kappa shape index (κ1) is 18.4. The molecule has 2 aliphatic rings. The van der Waals surface area contributed by atoms with E-state index in [9.17, 15) is 18.0 Å². The number of allylic oxidation sites excluding steroid dienone is 2. The predicted octanol–water partition coefficient (Wildman–Crippen LogP) is 3.20. The van der Waals surface area contributed by atoms with Crippen molar-refractivity contribution in [2.24, 2.45) is 0 Å². The van der Waals surface area contributed by atoms with Crippen LogP contribution in [0.1, 0.15) is 50.1 Å². The van der Waals surface area contributed by atoms with E-state index in [1.165, 1.54) is 14.2 Å². The summed E-state index contributed by atoms with van der Waals surface area (Å²) in [6.07, 6.45) is 2.36. The van der Waals surface area contributed by atoms with Crippen molar-refractivity contribution in [3.8, 4) is 0 Å². The zero-order valence-corrected chi connectivity index (χ0v) is 16.2. The van der Waals surface area contributed by atoms with Crippen LogP contribution in [0.4, 0.5) is 0 Å². The third kappa shape index (κ3) is 2.65. The lowest BCUT2D eigenvalue weighted by Gasteiger charge is -2.19. The normalized spacial score (nSPS) is 19.7. The molecule has 2 bridgehead atoms. The summed E-state index contributed by atoms with van der Waals surface area (Å²) < 4.78 is 35.8. The van der Waals surface area contributed by atoms with Crippen molar-refractivity contribution in [2.45, 2.75) is 23.2 Å². The van der Waals surface area contributed by atoms with E-state index in [4.69, 9.17) is 9.47 Å². The summed E-state index contributed by atoms with van der Waals surface area (Å²) in [6, 6.07) is 11.5. The average molecular weight is 398 g/mol. The fourth-order valence-electron chi connectivity index (χ4n) is 4.08. The maximum atomic E-state index is 13.1. The molecule has 4 rings (SSSR count). The van der Waals surface area contributed by atoms with Crippen LogP contribution >= 0.6 is 0 Å². The Bertz CT molecular complexity index is 1120. The fourth-order valence-corrected chi connectivity index (χ4v) is 5.80. The Labute approximate surface area is 162 Å². The molecule has 0 saturated carbocycles. The first-order valence-electron chi connectivity index (χ1n) is 8.74. The van der Waals surface area contributed by atoms with Crippen molar-refractivity contribution in [3.63, 3.8) is 0 Å². The molecular weight excluding hydrogens is 380 g/mol. The molecule has 6 nitrogen and oxygen atoms in total. The molecule has 2 aromatic carbocycles. The van der Waals surface area contributed by atoms with Crippen LogP contribution in [0.3, 0.4) is 0 Å². The monoisotopic (exact) mass is 398 g/mol. The van der Waals surface area contributed by atoms with E-state index in [1.54, 1.807) is 48.5 Å². The second-order valence-electron chi connectivity index (χ2n) is 6.79. The van der Waals surface area contributed by atoms with Crippen LogP contribution in [0.5, 0.6) is 0 Å². The number of methoxy groups -OCH3 is 2. The van der Waals surface area contributed by atoms with Gasteiger partial charge in [-0.15, -0.1) is 0 Å². The van der Waals surface area contributed by atoms with Crippen LogP contribution in [0.2, 0.25) is 0 Å². The summed E-state index contributed by atoms with van der Waals surface area (Å²) in [4.78, 5) is 24.9. The summed E-state index contributed by atoms with van der Waals surface area (Å²) in [6.45, 7) is 0. The molecule has 2 aliphatic carbocycles. The van der Waals surface area contributed by atoms with Crippen molar-refractivity contribution in [2.75, 3.05) is 14.2 Å². The lowest BCUT2D eigenvalue weighted by atomic mass is 9.91. The molecule has 0 aromatic heterocycles. The van der Waals surface area contributed by atoms with Gasteiger partial charge in [-0.2, -0.15) is 0 Å². The lowest BCUT2D eigenvalue weighted by molar-refractivity contribution is 0.0555. The SMILES string of the molecule is COC(=O)c1cc2c(cc1C(=O)OC)[C@H]1C[C@@H]2C=C1S(=O)(=O)c1ccccc1. The Kier molecular flexibility index (Phi) is 4.34. The molecular formula is C21H18O6S. The molecule has 7 heteroatoms. The van der Waals surface area contributed by atoms with Gasteiger partial charge in [-0.1, -0.05) is 24.3 Å². The van der Waals surface area contributed by atoms with Gasteiger partial charge in [-0.05, 0) is 41.8 Å². The van der Waals surface area contributed by atoms with E-state index in [1.807, 2.05) is 0 Å². The van der Waals surface area contributed by atoms with Gasteiger partial charge in [0.15, 0.2) is 0 Å². The third-order valence-corrected chi connectivity index (χ3v) is 7.30. The molecule has 2 atom stereocenters. The molecule has 28 heavy (non-hydrogen) atoms.